The van der Waals surface area contributed by atoms with Crippen LogP contribution in [0.5, 0.6) is 0 Å². The molecule has 0 radical (unpaired) electrons. The average Bonchev–Trinajstić information content (AvgIpc) is 2.92. The van der Waals surface area contributed by atoms with Gasteiger partial charge in [-0.2, -0.15) is 0 Å². The van der Waals surface area contributed by atoms with Crippen LogP contribution in [0.15, 0.2) is 43.6 Å². The van der Waals surface area contributed by atoms with Gasteiger partial charge in [-0.3, -0.25) is 4.79 Å². The van der Waals surface area contributed by atoms with E-state index in [-0.39, 0.29) is 5.91 Å². The molecule has 3 N–H and O–H groups in total. The van der Waals surface area contributed by atoms with Crippen molar-refractivity contribution in [1.82, 2.24) is 4.98 Å². The van der Waals surface area contributed by atoms with Gasteiger partial charge < -0.3 is 15.5 Å². The molecule has 0 fully saturated rings. The molecule has 0 saturated heterocycles. The fraction of sp³-hybridized carbons (Fsp3) is 0.0909. The van der Waals surface area contributed by atoms with Crippen LogP contribution in [0.1, 0.15) is 11.6 Å². The third-order valence-corrected chi connectivity index (χ3v) is 4.44. The summed E-state index contributed by atoms with van der Waals surface area (Å²) in [6.07, 6.45) is 3.10. The van der Waals surface area contributed by atoms with Crippen molar-refractivity contribution >= 4 is 39.3 Å². The first-order chi connectivity index (χ1) is 8.65. The van der Waals surface area contributed by atoms with Gasteiger partial charge in [-0.1, -0.05) is 0 Å². The summed E-state index contributed by atoms with van der Waals surface area (Å²) in [6.45, 7) is 0. The van der Waals surface area contributed by atoms with E-state index >= 15 is 0 Å². The van der Waals surface area contributed by atoms with Crippen molar-refractivity contribution < 1.29 is 9.21 Å². The molecule has 3 rings (SSSR count). The molecule has 2 aromatic rings. The van der Waals surface area contributed by atoms with Gasteiger partial charge in [0, 0.05) is 20.6 Å². The molecule has 1 amide bonds. The number of nitrogens with zero attached hydrogens (tertiary/aromatic N) is 1. The van der Waals surface area contributed by atoms with Crippen molar-refractivity contribution in [2.75, 3.05) is 5.32 Å². The molecule has 0 saturated carbocycles. The van der Waals surface area contributed by atoms with Crippen LogP contribution in [0.2, 0.25) is 0 Å². The lowest BCUT2D eigenvalue weighted by molar-refractivity contribution is -0.116. The van der Waals surface area contributed by atoms with Gasteiger partial charge in [-0.25, -0.2) is 4.98 Å². The third-order valence-electron chi connectivity index (χ3n) is 2.59. The first-order valence-corrected chi connectivity index (χ1v) is 6.73. The van der Waals surface area contributed by atoms with Crippen molar-refractivity contribution in [3.05, 3.63) is 34.6 Å². The fourth-order valence-electron chi connectivity index (χ4n) is 1.72. The van der Waals surface area contributed by atoms with E-state index in [2.05, 4.69) is 26.2 Å². The zero-order valence-corrected chi connectivity index (χ0v) is 11.4. The van der Waals surface area contributed by atoms with Gasteiger partial charge in [0.15, 0.2) is 0 Å². The van der Waals surface area contributed by atoms with Gasteiger partial charge in [0.25, 0.3) is 5.22 Å². The minimum atomic E-state index is -0.600. The van der Waals surface area contributed by atoms with Gasteiger partial charge >= 0.3 is 0 Å². The molecule has 1 aliphatic heterocycles. The Labute approximate surface area is 115 Å². The predicted molar refractivity (Wildman–Crippen MR) is 70.3 cm³/mol. The van der Waals surface area contributed by atoms with E-state index in [1.807, 2.05) is 12.1 Å². The Bertz CT molecular complexity index is 615. The van der Waals surface area contributed by atoms with Crippen molar-refractivity contribution in [2.24, 2.45) is 5.73 Å². The van der Waals surface area contributed by atoms with Crippen LogP contribution in [0.4, 0.5) is 5.69 Å². The van der Waals surface area contributed by atoms with Crippen molar-refractivity contribution in [2.45, 2.75) is 16.2 Å². The second-order valence-corrected chi connectivity index (χ2v) is 5.58. The molecule has 0 spiro atoms. The molecule has 1 aromatic heterocycles. The van der Waals surface area contributed by atoms with Crippen molar-refractivity contribution in [3.63, 3.8) is 0 Å². The van der Waals surface area contributed by atoms with Crippen molar-refractivity contribution in [1.29, 1.82) is 0 Å². The second-order valence-electron chi connectivity index (χ2n) is 3.74. The molecule has 1 aromatic carbocycles. The van der Waals surface area contributed by atoms with Crippen molar-refractivity contribution in [3.8, 4) is 0 Å². The normalized spacial score (nSPS) is 17.7. The highest BCUT2D eigenvalue weighted by Gasteiger charge is 2.28. The summed E-state index contributed by atoms with van der Waals surface area (Å²) in [5, 5.41) is 3.29. The molecule has 2 heterocycles. The van der Waals surface area contributed by atoms with Crippen LogP contribution in [0, 0.1) is 0 Å². The second kappa shape index (κ2) is 4.42. The zero-order valence-electron chi connectivity index (χ0n) is 9.01. The lowest BCUT2D eigenvalue weighted by Gasteiger charge is -2.06. The summed E-state index contributed by atoms with van der Waals surface area (Å²) in [4.78, 5) is 16.4. The highest BCUT2D eigenvalue weighted by atomic mass is 79.9. The third kappa shape index (κ3) is 1.94. The van der Waals surface area contributed by atoms with E-state index < -0.39 is 6.04 Å². The lowest BCUT2D eigenvalue weighted by Crippen LogP contribution is -2.19. The number of hydrogen-bond donors (Lipinski definition) is 2. The fourth-order valence-corrected chi connectivity index (χ4v) is 3.06. The Morgan fingerprint density at radius 3 is 3.06 bits per heavy atom. The zero-order chi connectivity index (χ0) is 12.7. The Kier molecular flexibility index (Phi) is 2.89. The molecular weight excluding hydrogens is 318 g/mol. The highest BCUT2D eigenvalue weighted by Crippen LogP contribution is 2.40. The van der Waals surface area contributed by atoms with Crippen LogP contribution in [0.25, 0.3) is 0 Å². The molecule has 18 heavy (non-hydrogen) atoms. The smallest absolute Gasteiger partial charge is 0.260 e. The van der Waals surface area contributed by atoms with Crippen LogP contribution >= 0.6 is 27.7 Å². The standard InChI is InChI=1S/C11H8BrN3O2S/c12-6-3-5-7(15-10(16)9(5)13)4-8(6)18-11-14-1-2-17-11/h1-4,9H,13H2,(H,15,16). The van der Waals surface area contributed by atoms with Gasteiger partial charge in [-0.15, -0.1) is 0 Å². The number of carbonyl (C=O) groups excluding carboxylic acids is 1. The molecule has 92 valence electrons. The van der Waals surface area contributed by atoms with Crippen LogP contribution < -0.4 is 11.1 Å². The van der Waals surface area contributed by atoms with Crippen LogP contribution in [0.3, 0.4) is 0 Å². The molecule has 1 atom stereocenters. The average molecular weight is 326 g/mol. The Morgan fingerprint density at radius 1 is 1.50 bits per heavy atom. The van der Waals surface area contributed by atoms with Gasteiger partial charge in [0.2, 0.25) is 5.91 Å². The molecule has 0 bridgehead atoms. The first kappa shape index (κ1) is 11.8. The molecule has 0 aliphatic carbocycles. The number of anilines is 1. The van der Waals surface area contributed by atoms with Crippen LogP contribution in [-0.2, 0) is 4.79 Å². The number of halogens is 1. The van der Waals surface area contributed by atoms with Gasteiger partial charge in [-0.05, 0) is 39.8 Å². The summed E-state index contributed by atoms with van der Waals surface area (Å²) in [7, 11) is 0. The lowest BCUT2D eigenvalue weighted by atomic mass is 10.1. The maximum absolute atomic E-state index is 11.5. The number of nitrogens with two attached hydrogens (primary N) is 1. The molecule has 1 aliphatic rings. The van der Waals surface area contributed by atoms with E-state index in [9.17, 15) is 4.79 Å². The van der Waals surface area contributed by atoms with Gasteiger partial charge in [0.05, 0.1) is 6.20 Å². The summed E-state index contributed by atoms with van der Waals surface area (Å²) in [5.41, 5.74) is 7.31. The molecular formula is C11H8BrN3O2S. The molecule has 5 nitrogen and oxygen atoms in total. The topological polar surface area (TPSA) is 81.2 Å². The summed E-state index contributed by atoms with van der Waals surface area (Å²) in [5.74, 6) is -0.185. The largest absolute Gasteiger partial charge is 0.440 e. The van der Waals surface area contributed by atoms with E-state index in [0.717, 1.165) is 20.6 Å². The Hall–Kier alpha value is -1.31. The summed E-state index contributed by atoms with van der Waals surface area (Å²) in [6, 6.07) is 3.11. The number of nitrogens with one attached hydrogen (secondary N) is 1. The first-order valence-electron chi connectivity index (χ1n) is 5.12. The minimum absolute atomic E-state index is 0.185. The summed E-state index contributed by atoms with van der Waals surface area (Å²) >= 11 is 4.83. The Balaban J connectivity index is 1.98. The number of rotatable bonds is 2. The van der Waals surface area contributed by atoms with Gasteiger partial charge in [0.1, 0.15) is 12.3 Å². The SMILES string of the molecule is NC1C(=O)Nc2cc(Sc3ncco3)c(Br)cc21. The number of benzene rings is 1. The van der Waals surface area contributed by atoms with E-state index in [1.165, 1.54) is 18.0 Å². The van der Waals surface area contributed by atoms with E-state index in [1.54, 1.807) is 6.20 Å². The maximum atomic E-state index is 11.5. The number of oxazole rings is 1. The maximum Gasteiger partial charge on any atom is 0.260 e. The highest BCUT2D eigenvalue weighted by molar-refractivity contribution is 9.10. The Morgan fingerprint density at radius 2 is 2.33 bits per heavy atom. The van der Waals surface area contributed by atoms with Crippen LogP contribution in [-0.4, -0.2) is 10.9 Å². The number of amides is 1. The number of aromatic nitrogens is 1. The predicted octanol–water partition coefficient (Wildman–Crippen LogP) is 2.54. The monoisotopic (exact) mass is 325 g/mol. The summed E-state index contributed by atoms with van der Waals surface area (Å²) < 4.78 is 6.03. The quantitative estimate of drug-likeness (QED) is 0.886. The number of fused-ring (bicyclic) bond motifs is 1. The minimum Gasteiger partial charge on any atom is -0.440 e. The molecule has 1 unspecified atom stereocenters. The van der Waals surface area contributed by atoms with E-state index in [0.29, 0.717) is 5.22 Å². The number of carbonyl (C=O) groups is 1. The number of hydrogen-bond acceptors (Lipinski definition) is 5. The molecule has 7 heteroatoms. The van der Waals surface area contributed by atoms with E-state index in [4.69, 9.17) is 10.2 Å².